The molecule has 4 heteroatoms. The lowest BCUT2D eigenvalue weighted by atomic mass is 10.0. The molecule has 1 saturated heterocycles. The van der Waals surface area contributed by atoms with Crippen LogP contribution in [0.4, 0.5) is 0 Å². The number of aromatic nitrogens is 2. The predicted octanol–water partition coefficient (Wildman–Crippen LogP) is 1.28. The molecule has 1 aromatic rings. The van der Waals surface area contributed by atoms with Crippen molar-refractivity contribution in [3.63, 3.8) is 0 Å². The highest BCUT2D eigenvalue weighted by Gasteiger charge is 2.27. The van der Waals surface area contributed by atoms with Crippen molar-refractivity contribution in [2.45, 2.75) is 50.9 Å². The second-order valence-corrected chi connectivity index (χ2v) is 4.61. The maximum absolute atomic E-state index is 10.0. The summed E-state index contributed by atoms with van der Waals surface area (Å²) in [6.45, 7) is 2.06. The van der Waals surface area contributed by atoms with Gasteiger partial charge in [0.1, 0.15) is 0 Å². The molecule has 2 heterocycles. The van der Waals surface area contributed by atoms with Gasteiger partial charge in [-0.05, 0) is 38.7 Å². The highest BCUT2D eigenvalue weighted by molar-refractivity contribution is 5.00. The molecule has 0 aliphatic carbocycles. The van der Waals surface area contributed by atoms with Gasteiger partial charge in [0.2, 0.25) is 0 Å². The van der Waals surface area contributed by atoms with Crippen LogP contribution < -0.4 is 0 Å². The lowest BCUT2D eigenvalue weighted by Crippen LogP contribution is -2.26. The Balaban J connectivity index is 1.80. The van der Waals surface area contributed by atoms with E-state index in [0.717, 1.165) is 31.4 Å². The molecule has 0 bridgehead atoms. The van der Waals surface area contributed by atoms with Crippen LogP contribution in [0.25, 0.3) is 0 Å². The van der Waals surface area contributed by atoms with Crippen LogP contribution in [0.2, 0.25) is 0 Å². The topological polar surface area (TPSA) is 47.3 Å². The van der Waals surface area contributed by atoms with Crippen molar-refractivity contribution in [3.8, 4) is 0 Å². The summed E-state index contributed by atoms with van der Waals surface area (Å²) in [7, 11) is 1.93. The molecule has 4 nitrogen and oxygen atoms in total. The zero-order valence-corrected chi connectivity index (χ0v) is 9.97. The highest BCUT2D eigenvalue weighted by atomic mass is 16.5. The number of ether oxygens (including phenoxy) is 1. The summed E-state index contributed by atoms with van der Waals surface area (Å²) in [4.78, 5) is 0. The minimum atomic E-state index is -0.347. The van der Waals surface area contributed by atoms with Crippen molar-refractivity contribution in [1.29, 1.82) is 0 Å². The average molecular weight is 224 g/mol. The molecule has 3 atom stereocenters. The van der Waals surface area contributed by atoms with Crippen molar-refractivity contribution in [3.05, 3.63) is 18.0 Å². The third-order valence-electron chi connectivity index (χ3n) is 3.31. The summed E-state index contributed by atoms with van der Waals surface area (Å²) in [5, 5.41) is 14.1. The zero-order valence-electron chi connectivity index (χ0n) is 9.97. The summed E-state index contributed by atoms with van der Waals surface area (Å²) in [5.74, 6) is 0. The van der Waals surface area contributed by atoms with Crippen LogP contribution in [0, 0.1) is 0 Å². The van der Waals surface area contributed by atoms with Crippen molar-refractivity contribution >= 4 is 0 Å². The van der Waals surface area contributed by atoms with E-state index < -0.39 is 0 Å². The molecule has 0 amide bonds. The Morgan fingerprint density at radius 2 is 2.44 bits per heavy atom. The molecule has 1 aliphatic heterocycles. The molecular weight excluding hydrogens is 204 g/mol. The Bertz CT molecular complexity index is 338. The van der Waals surface area contributed by atoms with Gasteiger partial charge < -0.3 is 9.84 Å². The third kappa shape index (κ3) is 2.62. The maximum atomic E-state index is 10.0. The Morgan fingerprint density at radius 3 is 3.00 bits per heavy atom. The summed E-state index contributed by atoms with van der Waals surface area (Å²) >= 11 is 0. The Hall–Kier alpha value is -0.870. The first-order valence-corrected chi connectivity index (χ1v) is 5.97. The summed E-state index contributed by atoms with van der Waals surface area (Å²) < 4.78 is 7.50. The molecule has 16 heavy (non-hydrogen) atoms. The van der Waals surface area contributed by atoms with Gasteiger partial charge in [-0.1, -0.05) is 0 Å². The van der Waals surface area contributed by atoms with Crippen LogP contribution >= 0.6 is 0 Å². The van der Waals surface area contributed by atoms with Crippen molar-refractivity contribution in [2.75, 3.05) is 0 Å². The molecular formula is C12H20N2O2. The first kappa shape index (κ1) is 11.6. The van der Waals surface area contributed by atoms with Crippen LogP contribution in [-0.4, -0.2) is 33.2 Å². The molecule has 0 radical (unpaired) electrons. The van der Waals surface area contributed by atoms with Gasteiger partial charge in [-0.3, -0.25) is 4.68 Å². The third-order valence-corrected chi connectivity index (χ3v) is 3.31. The zero-order chi connectivity index (χ0) is 11.5. The van der Waals surface area contributed by atoms with Crippen molar-refractivity contribution in [1.82, 2.24) is 9.78 Å². The Labute approximate surface area is 96.2 Å². The number of hydrogen-bond donors (Lipinski definition) is 1. The molecule has 90 valence electrons. The normalized spacial score (nSPS) is 27.2. The Morgan fingerprint density at radius 1 is 1.62 bits per heavy atom. The minimum Gasteiger partial charge on any atom is -0.390 e. The van der Waals surface area contributed by atoms with Gasteiger partial charge in [0, 0.05) is 18.9 Å². The largest absolute Gasteiger partial charge is 0.390 e. The Kier molecular flexibility index (Phi) is 3.61. The smallest absolute Gasteiger partial charge is 0.0838 e. The summed E-state index contributed by atoms with van der Waals surface area (Å²) in [5.41, 5.74) is 1.16. The monoisotopic (exact) mass is 224 g/mol. The number of aryl methyl sites for hydroxylation is 2. The molecule has 1 aromatic heterocycles. The van der Waals surface area contributed by atoms with E-state index in [1.54, 1.807) is 6.20 Å². The van der Waals surface area contributed by atoms with Crippen LogP contribution in [0.5, 0.6) is 0 Å². The van der Waals surface area contributed by atoms with Crippen LogP contribution in [0.15, 0.2) is 12.3 Å². The number of aliphatic hydroxyl groups is 1. The standard InChI is InChI=1S/C12H20N2O2/c1-9-3-6-12(16-9)11(15)5-4-10-7-8-13-14(10)2/h7-9,11-12,15H,3-6H2,1-2H3. The van der Waals surface area contributed by atoms with Gasteiger partial charge in [0.25, 0.3) is 0 Å². The van der Waals surface area contributed by atoms with E-state index in [4.69, 9.17) is 4.74 Å². The fourth-order valence-corrected chi connectivity index (χ4v) is 2.24. The summed E-state index contributed by atoms with van der Waals surface area (Å²) in [6.07, 6.45) is 5.42. The lowest BCUT2D eigenvalue weighted by Gasteiger charge is -2.18. The van der Waals surface area contributed by atoms with E-state index in [0.29, 0.717) is 6.10 Å². The predicted molar refractivity (Wildman–Crippen MR) is 61.1 cm³/mol. The van der Waals surface area contributed by atoms with E-state index in [2.05, 4.69) is 12.0 Å². The lowest BCUT2D eigenvalue weighted by molar-refractivity contribution is -0.0313. The highest BCUT2D eigenvalue weighted by Crippen LogP contribution is 2.23. The number of aliphatic hydroxyl groups excluding tert-OH is 1. The number of rotatable bonds is 4. The first-order valence-electron chi connectivity index (χ1n) is 5.97. The average Bonchev–Trinajstić information content (AvgIpc) is 2.84. The first-order chi connectivity index (χ1) is 7.66. The van der Waals surface area contributed by atoms with E-state index >= 15 is 0 Å². The van der Waals surface area contributed by atoms with E-state index in [9.17, 15) is 5.11 Å². The van der Waals surface area contributed by atoms with Crippen molar-refractivity contribution < 1.29 is 9.84 Å². The molecule has 0 spiro atoms. The molecule has 1 N–H and O–H groups in total. The van der Waals surface area contributed by atoms with Gasteiger partial charge in [-0.25, -0.2) is 0 Å². The minimum absolute atomic E-state index is 0.0308. The molecule has 3 unspecified atom stereocenters. The van der Waals surface area contributed by atoms with Crippen LogP contribution in [0.1, 0.15) is 31.9 Å². The van der Waals surface area contributed by atoms with Crippen LogP contribution in [0.3, 0.4) is 0 Å². The fourth-order valence-electron chi connectivity index (χ4n) is 2.24. The molecule has 0 saturated carbocycles. The molecule has 2 rings (SSSR count). The van der Waals surface area contributed by atoms with Gasteiger partial charge >= 0.3 is 0 Å². The van der Waals surface area contributed by atoms with Gasteiger partial charge in [-0.2, -0.15) is 5.10 Å². The van der Waals surface area contributed by atoms with Crippen molar-refractivity contribution in [2.24, 2.45) is 7.05 Å². The molecule has 1 fully saturated rings. The van der Waals surface area contributed by atoms with Gasteiger partial charge in [0.15, 0.2) is 0 Å². The molecule has 1 aliphatic rings. The number of nitrogens with zero attached hydrogens (tertiary/aromatic N) is 2. The maximum Gasteiger partial charge on any atom is 0.0838 e. The van der Waals surface area contributed by atoms with Gasteiger partial charge in [-0.15, -0.1) is 0 Å². The second kappa shape index (κ2) is 4.97. The fraction of sp³-hybridized carbons (Fsp3) is 0.750. The summed E-state index contributed by atoms with van der Waals surface area (Å²) in [6, 6.07) is 1.99. The second-order valence-electron chi connectivity index (χ2n) is 4.61. The van der Waals surface area contributed by atoms with E-state index in [-0.39, 0.29) is 12.2 Å². The van der Waals surface area contributed by atoms with Gasteiger partial charge in [0.05, 0.1) is 18.3 Å². The SMILES string of the molecule is CC1CCC(C(O)CCc2ccnn2C)O1. The van der Waals surface area contributed by atoms with E-state index in [1.165, 1.54) is 0 Å². The quantitative estimate of drug-likeness (QED) is 0.838. The number of hydrogen-bond acceptors (Lipinski definition) is 3. The molecule has 0 aromatic carbocycles. The van der Waals surface area contributed by atoms with Crippen LogP contribution in [-0.2, 0) is 18.2 Å². The van der Waals surface area contributed by atoms with E-state index in [1.807, 2.05) is 17.8 Å².